The number of rotatable bonds is 6. The highest BCUT2D eigenvalue weighted by Gasteiger charge is 2.23. The summed E-state index contributed by atoms with van der Waals surface area (Å²) in [5, 5.41) is 11.3. The van der Waals surface area contributed by atoms with Gasteiger partial charge in [0.2, 0.25) is 0 Å². The maximum absolute atomic E-state index is 11.9. The van der Waals surface area contributed by atoms with Crippen molar-refractivity contribution in [2.75, 3.05) is 12.0 Å². The summed E-state index contributed by atoms with van der Waals surface area (Å²) in [6.45, 7) is 0. The van der Waals surface area contributed by atoms with Crippen molar-refractivity contribution in [2.24, 2.45) is 0 Å². The van der Waals surface area contributed by atoms with Crippen LogP contribution in [0.25, 0.3) is 0 Å². The monoisotopic (exact) mass is 447 g/mol. The highest BCUT2D eigenvalue weighted by molar-refractivity contribution is 9.13. The molecule has 0 saturated heterocycles. The molecule has 0 aliphatic rings. The zero-order valence-electron chi connectivity index (χ0n) is 10.2. The van der Waals surface area contributed by atoms with Crippen LogP contribution >= 0.6 is 43.2 Å². The van der Waals surface area contributed by atoms with Crippen LogP contribution in [0.1, 0.15) is 16.1 Å². The minimum Gasteiger partial charge on any atom is -0.480 e. The van der Waals surface area contributed by atoms with Crippen LogP contribution in [-0.2, 0) is 14.6 Å². The van der Waals surface area contributed by atoms with Crippen molar-refractivity contribution in [3.63, 3.8) is 0 Å². The van der Waals surface area contributed by atoms with Crippen molar-refractivity contribution < 1.29 is 23.1 Å². The second-order valence-corrected chi connectivity index (χ2v) is 9.50. The lowest BCUT2D eigenvalue weighted by Gasteiger charge is -2.13. The summed E-state index contributed by atoms with van der Waals surface area (Å²) in [5.74, 6) is -2.12. The summed E-state index contributed by atoms with van der Waals surface area (Å²) in [4.78, 5) is 23.3. The first-order chi connectivity index (χ1) is 9.10. The lowest BCUT2D eigenvalue weighted by atomic mass is 10.2. The van der Waals surface area contributed by atoms with E-state index in [1.807, 2.05) is 0 Å². The number of amides is 1. The Hall–Kier alpha value is -0.450. The third kappa shape index (κ3) is 5.51. The minimum absolute atomic E-state index is 0.173. The van der Waals surface area contributed by atoms with E-state index in [0.29, 0.717) is 13.1 Å². The van der Waals surface area contributed by atoms with Crippen LogP contribution in [0, 0.1) is 0 Å². The molecule has 0 saturated carbocycles. The van der Waals surface area contributed by atoms with Crippen LogP contribution in [0.5, 0.6) is 0 Å². The molecule has 0 fully saturated rings. The molecule has 0 bridgehead atoms. The summed E-state index contributed by atoms with van der Waals surface area (Å²) < 4.78 is 23.5. The highest BCUT2D eigenvalue weighted by atomic mass is 79.9. The molecule has 1 aromatic rings. The first-order valence-electron chi connectivity index (χ1n) is 5.26. The van der Waals surface area contributed by atoms with Gasteiger partial charge in [0.1, 0.15) is 15.9 Å². The van der Waals surface area contributed by atoms with E-state index in [-0.39, 0.29) is 12.2 Å². The molecular formula is C10H11Br2NO5S2. The number of sulfone groups is 1. The summed E-state index contributed by atoms with van der Waals surface area (Å²) in [7, 11) is -3.28. The molecule has 0 radical (unpaired) electrons. The number of hydrogen-bond donors (Lipinski definition) is 2. The van der Waals surface area contributed by atoms with E-state index < -0.39 is 27.8 Å². The van der Waals surface area contributed by atoms with E-state index in [0.717, 1.165) is 17.6 Å². The molecule has 6 nitrogen and oxygen atoms in total. The lowest BCUT2D eigenvalue weighted by molar-refractivity contribution is -0.139. The number of nitrogens with one attached hydrogen (secondary N) is 1. The molecule has 1 aromatic heterocycles. The van der Waals surface area contributed by atoms with Gasteiger partial charge in [-0.15, -0.1) is 11.3 Å². The van der Waals surface area contributed by atoms with Crippen LogP contribution in [0.4, 0.5) is 0 Å². The van der Waals surface area contributed by atoms with Gasteiger partial charge in [-0.25, -0.2) is 13.2 Å². The van der Waals surface area contributed by atoms with Crippen LogP contribution in [0.3, 0.4) is 0 Å². The first kappa shape index (κ1) is 17.6. The third-order valence-electron chi connectivity index (χ3n) is 2.25. The van der Waals surface area contributed by atoms with Gasteiger partial charge in [0, 0.05) is 10.7 Å². The fraction of sp³-hybridized carbons (Fsp3) is 0.400. The maximum Gasteiger partial charge on any atom is 0.326 e. The SMILES string of the molecule is CS(=O)(=O)CCC(NC(=O)c1cc(Br)c(Br)s1)C(=O)O. The molecule has 0 aromatic carbocycles. The number of halogens is 2. The number of aliphatic carboxylic acids is 1. The summed E-state index contributed by atoms with van der Waals surface area (Å²) in [6.07, 6.45) is 0.842. The van der Waals surface area contributed by atoms with Crippen molar-refractivity contribution in [2.45, 2.75) is 12.5 Å². The highest BCUT2D eigenvalue weighted by Crippen LogP contribution is 2.32. The Morgan fingerprint density at radius 1 is 1.45 bits per heavy atom. The molecule has 0 spiro atoms. The van der Waals surface area contributed by atoms with Gasteiger partial charge in [-0.3, -0.25) is 4.79 Å². The van der Waals surface area contributed by atoms with Gasteiger partial charge in [0.15, 0.2) is 0 Å². The van der Waals surface area contributed by atoms with E-state index in [1.165, 1.54) is 0 Å². The molecular weight excluding hydrogens is 438 g/mol. The fourth-order valence-electron chi connectivity index (χ4n) is 1.28. The standard InChI is InChI=1S/C10H11Br2NO5S2/c1-20(17,18)3-2-6(10(15)16)13-9(14)7-4-5(11)8(12)19-7/h4,6H,2-3H2,1H3,(H,13,14)(H,15,16). The molecule has 1 rings (SSSR count). The van der Waals surface area contributed by atoms with E-state index >= 15 is 0 Å². The second-order valence-electron chi connectivity index (χ2n) is 4.02. The molecule has 112 valence electrons. The van der Waals surface area contributed by atoms with Crippen LogP contribution < -0.4 is 5.32 Å². The van der Waals surface area contributed by atoms with Crippen LogP contribution in [0.2, 0.25) is 0 Å². The van der Waals surface area contributed by atoms with Crippen molar-refractivity contribution >= 4 is 64.9 Å². The van der Waals surface area contributed by atoms with Gasteiger partial charge in [0.05, 0.1) is 14.4 Å². The van der Waals surface area contributed by atoms with Gasteiger partial charge >= 0.3 is 5.97 Å². The molecule has 1 amide bonds. The normalized spacial score (nSPS) is 12.9. The quantitative estimate of drug-likeness (QED) is 0.691. The predicted octanol–water partition coefficient (Wildman–Crippen LogP) is 1.89. The molecule has 20 heavy (non-hydrogen) atoms. The van der Waals surface area contributed by atoms with Crippen molar-refractivity contribution in [3.8, 4) is 0 Å². The van der Waals surface area contributed by atoms with Gasteiger partial charge in [-0.2, -0.15) is 0 Å². The third-order valence-corrected chi connectivity index (χ3v) is 6.48. The topological polar surface area (TPSA) is 101 Å². The predicted molar refractivity (Wildman–Crippen MR) is 82.9 cm³/mol. The van der Waals surface area contributed by atoms with Crippen molar-refractivity contribution in [1.29, 1.82) is 0 Å². The lowest BCUT2D eigenvalue weighted by Crippen LogP contribution is -2.41. The van der Waals surface area contributed by atoms with Gasteiger partial charge in [-0.1, -0.05) is 0 Å². The molecule has 0 aliphatic carbocycles. The maximum atomic E-state index is 11.9. The Kier molecular flexibility index (Phi) is 6.17. The summed E-state index contributed by atoms with van der Waals surface area (Å²) in [6, 6.07) is 0.316. The Balaban J connectivity index is 2.75. The van der Waals surface area contributed by atoms with Gasteiger partial charge < -0.3 is 10.4 Å². The largest absolute Gasteiger partial charge is 0.480 e. The Labute approximate surface area is 136 Å². The van der Waals surface area contributed by atoms with Crippen molar-refractivity contribution in [3.05, 3.63) is 19.2 Å². The molecule has 10 heteroatoms. The zero-order valence-corrected chi connectivity index (χ0v) is 15.0. The average Bonchev–Trinajstić information content (AvgIpc) is 2.63. The van der Waals surface area contributed by atoms with Gasteiger partial charge in [0.25, 0.3) is 5.91 Å². The molecule has 1 atom stereocenters. The Bertz CT molecular complexity index is 606. The number of carboxylic acids is 1. The number of carboxylic acid groups (broad SMARTS) is 1. The second kappa shape index (κ2) is 7.01. The van der Waals surface area contributed by atoms with E-state index in [2.05, 4.69) is 37.2 Å². The summed E-state index contributed by atoms with van der Waals surface area (Å²) >= 11 is 7.60. The average molecular weight is 449 g/mol. The fourth-order valence-corrected chi connectivity index (χ4v) is 3.88. The Morgan fingerprint density at radius 3 is 2.45 bits per heavy atom. The summed E-state index contributed by atoms with van der Waals surface area (Å²) in [5.41, 5.74) is 0. The van der Waals surface area contributed by atoms with E-state index in [1.54, 1.807) is 6.07 Å². The molecule has 1 heterocycles. The van der Waals surface area contributed by atoms with Crippen molar-refractivity contribution in [1.82, 2.24) is 5.32 Å². The molecule has 1 unspecified atom stereocenters. The molecule has 2 N–H and O–H groups in total. The zero-order chi connectivity index (χ0) is 15.5. The van der Waals surface area contributed by atoms with Crippen LogP contribution in [0.15, 0.2) is 14.3 Å². The van der Waals surface area contributed by atoms with E-state index in [9.17, 15) is 18.0 Å². The first-order valence-corrected chi connectivity index (χ1v) is 9.72. The smallest absolute Gasteiger partial charge is 0.326 e. The number of hydrogen-bond acceptors (Lipinski definition) is 5. The van der Waals surface area contributed by atoms with E-state index in [4.69, 9.17) is 5.11 Å². The minimum atomic E-state index is -3.28. The number of thiophene rings is 1. The number of carbonyl (C=O) groups is 2. The number of carbonyl (C=O) groups excluding carboxylic acids is 1. The van der Waals surface area contributed by atoms with Crippen LogP contribution in [-0.4, -0.2) is 43.5 Å². The van der Waals surface area contributed by atoms with Gasteiger partial charge in [-0.05, 0) is 44.3 Å². The molecule has 0 aliphatic heterocycles. The Morgan fingerprint density at radius 2 is 2.05 bits per heavy atom.